The molecule has 1 aliphatic carbocycles. The zero-order valence-electron chi connectivity index (χ0n) is 20.2. The van der Waals surface area contributed by atoms with E-state index >= 15 is 0 Å². The van der Waals surface area contributed by atoms with Crippen molar-refractivity contribution >= 4 is 23.7 Å². The molecular formula is C24H38N6O2S. The van der Waals surface area contributed by atoms with Crippen LogP contribution in [-0.4, -0.2) is 85.8 Å². The summed E-state index contributed by atoms with van der Waals surface area (Å²) in [4.78, 5) is 32.3. The lowest BCUT2D eigenvalue weighted by Crippen LogP contribution is -2.54. The van der Waals surface area contributed by atoms with Gasteiger partial charge in [0.2, 0.25) is 5.91 Å². The second-order valence-electron chi connectivity index (χ2n) is 9.92. The number of carbonyl (C=O) groups is 2. The normalized spacial score (nSPS) is 26.6. The number of piperidine rings is 1. The number of nitrogens with one attached hydrogen (secondary N) is 1. The van der Waals surface area contributed by atoms with Gasteiger partial charge in [0.25, 0.3) is 0 Å². The molecule has 182 valence electrons. The molecule has 8 nitrogen and oxygen atoms in total. The highest BCUT2D eigenvalue weighted by Crippen LogP contribution is 2.38. The number of carbonyl (C=O) groups excluding carboxylic acids is 2. The third-order valence-electron chi connectivity index (χ3n) is 6.93. The highest BCUT2D eigenvalue weighted by atomic mass is 32.2. The van der Waals surface area contributed by atoms with Gasteiger partial charge in [0.15, 0.2) is 0 Å². The van der Waals surface area contributed by atoms with Gasteiger partial charge in [0.1, 0.15) is 6.07 Å². The zero-order valence-corrected chi connectivity index (χ0v) is 21.0. The third-order valence-corrected chi connectivity index (χ3v) is 7.89. The summed E-state index contributed by atoms with van der Waals surface area (Å²) in [5.41, 5.74) is 7.37. The van der Waals surface area contributed by atoms with E-state index in [1.54, 1.807) is 0 Å². The van der Waals surface area contributed by atoms with Crippen molar-refractivity contribution in [3.63, 3.8) is 0 Å². The first-order chi connectivity index (χ1) is 15.7. The van der Waals surface area contributed by atoms with Crippen LogP contribution in [-0.2, 0) is 4.79 Å². The first-order valence-electron chi connectivity index (χ1n) is 11.9. The van der Waals surface area contributed by atoms with Gasteiger partial charge in [-0.25, -0.2) is 4.79 Å². The number of urea groups is 1. The lowest BCUT2D eigenvalue weighted by molar-refractivity contribution is -0.136. The molecule has 0 aromatic heterocycles. The molecule has 9 heteroatoms. The molecule has 0 spiro atoms. The number of fused-ring (bicyclic) bond motifs is 1. The third kappa shape index (κ3) is 6.75. The number of hydrogen-bond donors (Lipinski definition) is 2. The van der Waals surface area contributed by atoms with E-state index in [-0.39, 0.29) is 23.8 Å². The molecule has 0 aromatic rings. The van der Waals surface area contributed by atoms with E-state index in [0.29, 0.717) is 55.0 Å². The van der Waals surface area contributed by atoms with Crippen LogP contribution in [0.4, 0.5) is 4.79 Å². The van der Waals surface area contributed by atoms with Crippen LogP contribution in [0, 0.1) is 29.1 Å². The minimum atomic E-state index is -0.281. The maximum absolute atomic E-state index is 13.6. The highest BCUT2D eigenvalue weighted by molar-refractivity contribution is 8.03. The van der Waals surface area contributed by atoms with E-state index in [2.05, 4.69) is 29.9 Å². The van der Waals surface area contributed by atoms with E-state index in [4.69, 9.17) is 5.73 Å². The molecule has 3 rings (SSSR count). The summed E-state index contributed by atoms with van der Waals surface area (Å²) >= 11 is 1.51. The van der Waals surface area contributed by atoms with Crippen molar-refractivity contribution in [3.05, 3.63) is 22.8 Å². The molecule has 2 heterocycles. The summed E-state index contributed by atoms with van der Waals surface area (Å²) in [7, 11) is 5.97. The Morgan fingerprint density at radius 3 is 2.70 bits per heavy atom. The minimum Gasteiger partial charge on any atom is -0.392 e. The molecular weight excluding hydrogens is 436 g/mol. The molecule has 3 N–H and O–H groups in total. The van der Waals surface area contributed by atoms with E-state index in [0.717, 1.165) is 37.1 Å². The molecule has 0 aromatic carbocycles. The lowest BCUT2D eigenvalue weighted by Gasteiger charge is -2.43. The summed E-state index contributed by atoms with van der Waals surface area (Å²) in [6, 6.07) is 2.24. The summed E-state index contributed by atoms with van der Waals surface area (Å²) in [5, 5.41) is 13.0. The Bertz CT molecular complexity index is 831. The Kier molecular flexibility index (Phi) is 8.85. The number of nitrogens with zero attached hydrogens (tertiary/aromatic N) is 4. The van der Waals surface area contributed by atoms with Gasteiger partial charge < -0.3 is 20.9 Å². The van der Waals surface area contributed by atoms with Crippen LogP contribution in [0.3, 0.4) is 0 Å². The van der Waals surface area contributed by atoms with Crippen LogP contribution in [0.25, 0.3) is 0 Å². The Labute approximate surface area is 202 Å². The number of amides is 3. The van der Waals surface area contributed by atoms with Crippen LogP contribution in [0.5, 0.6) is 0 Å². The molecule has 0 unspecified atom stereocenters. The molecule has 0 bridgehead atoms. The number of thioether (sulfide) groups is 1. The van der Waals surface area contributed by atoms with E-state index < -0.39 is 0 Å². The molecule has 1 saturated heterocycles. The zero-order chi connectivity index (χ0) is 24.1. The monoisotopic (exact) mass is 474 g/mol. The fraction of sp³-hybridized carbons (Fsp3) is 0.708. The van der Waals surface area contributed by atoms with Gasteiger partial charge in [-0.15, -0.1) is 11.8 Å². The Hall–Kier alpha value is -2.02. The maximum Gasteiger partial charge on any atom is 0.324 e. The number of nitriles is 1. The number of likely N-dealkylation sites (tertiary alicyclic amines) is 1. The summed E-state index contributed by atoms with van der Waals surface area (Å²) in [5.74, 6) is 1.12. The predicted octanol–water partition coefficient (Wildman–Crippen LogP) is 2.21. The van der Waals surface area contributed by atoms with Gasteiger partial charge in [0.05, 0.1) is 16.5 Å². The van der Waals surface area contributed by atoms with Crippen molar-refractivity contribution < 1.29 is 9.59 Å². The highest BCUT2D eigenvalue weighted by Gasteiger charge is 2.41. The van der Waals surface area contributed by atoms with Gasteiger partial charge in [-0.1, -0.05) is 6.58 Å². The first-order valence-corrected chi connectivity index (χ1v) is 12.8. The van der Waals surface area contributed by atoms with Crippen LogP contribution < -0.4 is 11.1 Å². The summed E-state index contributed by atoms with van der Waals surface area (Å²) in [6.45, 7) is 6.53. The molecule has 3 amide bonds. The molecule has 2 fully saturated rings. The smallest absolute Gasteiger partial charge is 0.324 e. The van der Waals surface area contributed by atoms with Crippen molar-refractivity contribution in [2.24, 2.45) is 23.5 Å². The van der Waals surface area contributed by atoms with E-state index in [9.17, 15) is 14.9 Å². The van der Waals surface area contributed by atoms with Gasteiger partial charge in [-0.05, 0) is 70.7 Å². The number of rotatable bonds is 6. The number of imide groups is 1. The predicted molar refractivity (Wildman–Crippen MR) is 132 cm³/mol. The number of hydrogen-bond acceptors (Lipinski definition) is 7. The van der Waals surface area contributed by atoms with Crippen molar-refractivity contribution in [2.45, 2.75) is 38.1 Å². The topological polar surface area (TPSA) is 106 Å². The number of likely N-dealkylation sites (N-methyl/N-ethyl adjacent to an activating group) is 1. The molecule has 3 aliphatic rings. The van der Waals surface area contributed by atoms with Crippen molar-refractivity contribution in [2.75, 3.05) is 53.1 Å². The van der Waals surface area contributed by atoms with Crippen molar-refractivity contribution in [3.8, 4) is 6.07 Å². The lowest BCUT2D eigenvalue weighted by atomic mass is 9.77. The number of allylic oxidation sites excluding steroid dienone is 2. The Morgan fingerprint density at radius 1 is 1.33 bits per heavy atom. The first kappa shape index (κ1) is 25.6. The van der Waals surface area contributed by atoms with Gasteiger partial charge in [-0.2, -0.15) is 5.26 Å². The van der Waals surface area contributed by atoms with Gasteiger partial charge >= 0.3 is 6.03 Å². The fourth-order valence-corrected chi connectivity index (χ4v) is 5.83. The Morgan fingerprint density at radius 2 is 2.06 bits per heavy atom. The maximum atomic E-state index is 13.6. The average Bonchev–Trinajstić information content (AvgIpc) is 3.56. The fourth-order valence-electron chi connectivity index (χ4n) is 4.92. The van der Waals surface area contributed by atoms with E-state index in [1.807, 2.05) is 19.0 Å². The summed E-state index contributed by atoms with van der Waals surface area (Å²) in [6.07, 6.45) is 4.43. The Balaban J connectivity index is 1.73. The molecule has 2 aliphatic heterocycles. The van der Waals surface area contributed by atoms with Crippen LogP contribution in [0.1, 0.15) is 32.1 Å². The number of nitrogens with two attached hydrogens (primary N) is 1. The average molecular weight is 475 g/mol. The van der Waals surface area contributed by atoms with Gasteiger partial charge in [0, 0.05) is 38.0 Å². The van der Waals surface area contributed by atoms with Crippen LogP contribution in [0.2, 0.25) is 0 Å². The van der Waals surface area contributed by atoms with Crippen LogP contribution in [0.15, 0.2) is 22.8 Å². The minimum absolute atomic E-state index is 0.0787. The van der Waals surface area contributed by atoms with Gasteiger partial charge in [-0.3, -0.25) is 9.69 Å². The molecule has 33 heavy (non-hydrogen) atoms. The molecule has 0 radical (unpaired) electrons. The SMILES string of the molecule is C=C1C[C@H]2C[C@@H](C(=O)N(CC3CC3)C(=O)NCCN(C)C)CN(C)[C@@H]2CCSC(N)=C1C#N. The van der Waals surface area contributed by atoms with E-state index in [1.165, 1.54) is 16.7 Å². The van der Waals surface area contributed by atoms with Crippen LogP contribution >= 0.6 is 11.8 Å². The van der Waals surface area contributed by atoms with Crippen molar-refractivity contribution in [1.29, 1.82) is 5.26 Å². The quantitative estimate of drug-likeness (QED) is 0.608. The largest absolute Gasteiger partial charge is 0.392 e. The standard InChI is InChI=1S/C24H38N6O2S/c1-16-11-18-12-19(15-29(4)21(18)7-10-33-22(26)20(16)13-25)23(31)30(14-17-5-6-17)24(32)27-8-9-28(2)3/h17-19,21H,1,5-12,14-15,26H2,2-4H3,(H,27,32)/t18-,19+,21+/m0/s1. The molecule has 3 atom stereocenters. The van der Waals surface area contributed by atoms with Crippen molar-refractivity contribution in [1.82, 2.24) is 20.0 Å². The summed E-state index contributed by atoms with van der Waals surface area (Å²) < 4.78 is 0. The second kappa shape index (κ2) is 11.4. The molecule has 1 saturated carbocycles. The second-order valence-corrected chi connectivity index (χ2v) is 11.1.